The van der Waals surface area contributed by atoms with Gasteiger partial charge in [-0.25, -0.2) is 0 Å². The molecule has 7 heteroatoms. The molecule has 0 saturated heterocycles. The summed E-state index contributed by atoms with van der Waals surface area (Å²) in [6.45, 7) is 9.72. The van der Waals surface area contributed by atoms with E-state index in [1.165, 1.54) is 6.07 Å². The van der Waals surface area contributed by atoms with Crippen molar-refractivity contribution in [1.82, 2.24) is 0 Å². The molecule has 0 spiro atoms. The second-order valence-electron chi connectivity index (χ2n) is 8.73. The second kappa shape index (κ2) is 8.71. The lowest BCUT2D eigenvalue weighted by atomic mass is 9.70. The molecule has 0 heterocycles. The highest BCUT2D eigenvalue weighted by Crippen LogP contribution is 2.40. The molecule has 0 bridgehead atoms. The minimum absolute atomic E-state index is 0.150. The zero-order valence-corrected chi connectivity index (χ0v) is 17.3. The first kappa shape index (κ1) is 21.9. The van der Waals surface area contributed by atoms with Gasteiger partial charge in [0.2, 0.25) is 0 Å². The van der Waals surface area contributed by atoms with Crippen molar-refractivity contribution in [2.45, 2.75) is 60.3 Å². The molecule has 0 radical (unpaired) electrons. The molecule has 1 aliphatic carbocycles. The van der Waals surface area contributed by atoms with E-state index < -0.39 is 17.4 Å². The van der Waals surface area contributed by atoms with Crippen LogP contribution < -0.4 is 5.32 Å². The molecular weight excluding hydrogens is 360 g/mol. The summed E-state index contributed by atoms with van der Waals surface area (Å²) in [4.78, 5) is 35.2. The molecule has 1 saturated carbocycles. The summed E-state index contributed by atoms with van der Waals surface area (Å²) in [5, 5.41) is 13.7. The number of nitrogens with one attached hydrogen (secondary N) is 1. The minimum atomic E-state index is -0.575. The van der Waals surface area contributed by atoms with Gasteiger partial charge in [-0.15, -0.1) is 0 Å². The van der Waals surface area contributed by atoms with E-state index in [2.05, 4.69) is 26.1 Å². The van der Waals surface area contributed by atoms with Crippen LogP contribution in [-0.2, 0) is 14.3 Å². The van der Waals surface area contributed by atoms with Gasteiger partial charge in [0.1, 0.15) is 5.69 Å². The second-order valence-corrected chi connectivity index (χ2v) is 8.73. The van der Waals surface area contributed by atoms with E-state index in [-0.39, 0.29) is 28.7 Å². The molecule has 2 rings (SSSR count). The fraction of sp³-hybridized carbons (Fsp3) is 0.619. The molecule has 28 heavy (non-hydrogen) atoms. The van der Waals surface area contributed by atoms with Gasteiger partial charge in [-0.3, -0.25) is 19.7 Å². The van der Waals surface area contributed by atoms with Crippen LogP contribution in [0.5, 0.6) is 0 Å². The standard InChI is InChI=1S/C21H30N2O5/c1-13-6-11-17(23(26)27)19(14(13)2)22-18(24)12-28-20(25)15-7-9-16(10-8-15)21(3,4)5/h6,11,15-16H,7-10,12H2,1-5H3,(H,22,24). The fourth-order valence-electron chi connectivity index (χ4n) is 3.74. The number of hydrogen-bond donors (Lipinski definition) is 1. The van der Waals surface area contributed by atoms with Crippen LogP contribution in [0.3, 0.4) is 0 Å². The van der Waals surface area contributed by atoms with E-state index in [9.17, 15) is 19.7 Å². The van der Waals surface area contributed by atoms with Crippen molar-refractivity contribution >= 4 is 23.3 Å². The predicted molar refractivity (Wildman–Crippen MR) is 107 cm³/mol. The predicted octanol–water partition coefficient (Wildman–Crippen LogP) is 4.55. The highest BCUT2D eigenvalue weighted by Gasteiger charge is 2.33. The summed E-state index contributed by atoms with van der Waals surface area (Å²) in [5.41, 5.74) is 1.65. The Hall–Kier alpha value is -2.44. The molecule has 1 N–H and O–H groups in total. The number of aryl methyl sites for hydroxylation is 1. The van der Waals surface area contributed by atoms with Crippen LogP contribution in [0, 0.1) is 41.2 Å². The van der Waals surface area contributed by atoms with Gasteiger partial charge in [0.25, 0.3) is 11.6 Å². The van der Waals surface area contributed by atoms with Crippen molar-refractivity contribution in [1.29, 1.82) is 0 Å². The van der Waals surface area contributed by atoms with E-state index >= 15 is 0 Å². The lowest BCUT2D eigenvalue weighted by molar-refractivity contribution is -0.384. The number of nitro benzene ring substituents is 1. The SMILES string of the molecule is Cc1ccc([N+](=O)[O-])c(NC(=O)COC(=O)C2CCC(C(C)(C)C)CC2)c1C. The van der Waals surface area contributed by atoms with Crippen LogP contribution in [0.2, 0.25) is 0 Å². The van der Waals surface area contributed by atoms with E-state index in [1.54, 1.807) is 13.0 Å². The zero-order chi connectivity index (χ0) is 21.1. The Morgan fingerprint density at radius 1 is 1.18 bits per heavy atom. The topological polar surface area (TPSA) is 98.5 Å². The van der Waals surface area contributed by atoms with Crippen LogP contribution in [0.1, 0.15) is 57.6 Å². The molecule has 0 aliphatic heterocycles. The largest absolute Gasteiger partial charge is 0.455 e. The number of nitro groups is 1. The number of amides is 1. The highest BCUT2D eigenvalue weighted by molar-refractivity contribution is 5.96. The van der Waals surface area contributed by atoms with Crippen molar-refractivity contribution in [2.24, 2.45) is 17.3 Å². The maximum Gasteiger partial charge on any atom is 0.309 e. The molecule has 1 fully saturated rings. The number of anilines is 1. The average molecular weight is 390 g/mol. The van der Waals surface area contributed by atoms with Gasteiger partial charge in [-0.05, 0) is 62.0 Å². The monoisotopic (exact) mass is 390 g/mol. The Morgan fingerprint density at radius 3 is 2.32 bits per heavy atom. The van der Waals surface area contributed by atoms with Crippen molar-refractivity contribution in [3.05, 3.63) is 33.4 Å². The lowest BCUT2D eigenvalue weighted by Crippen LogP contribution is -2.31. The van der Waals surface area contributed by atoms with E-state index in [0.717, 1.165) is 31.2 Å². The first-order valence-corrected chi connectivity index (χ1v) is 9.71. The third-order valence-corrected chi connectivity index (χ3v) is 5.81. The molecule has 0 atom stereocenters. The van der Waals surface area contributed by atoms with Crippen molar-refractivity contribution < 1.29 is 19.2 Å². The third kappa shape index (κ3) is 5.30. The van der Waals surface area contributed by atoms with Gasteiger partial charge >= 0.3 is 5.97 Å². The number of carbonyl (C=O) groups is 2. The fourth-order valence-corrected chi connectivity index (χ4v) is 3.74. The molecular formula is C21H30N2O5. The van der Waals surface area contributed by atoms with Crippen LogP contribution >= 0.6 is 0 Å². The van der Waals surface area contributed by atoms with Crippen molar-refractivity contribution in [2.75, 3.05) is 11.9 Å². The van der Waals surface area contributed by atoms with Gasteiger partial charge in [0.05, 0.1) is 10.8 Å². The third-order valence-electron chi connectivity index (χ3n) is 5.81. The van der Waals surface area contributed by atoms with Crippen LogP contribution in [0.15, 0.2) is 12.1 Å². The smallest absolute Gasteiger partial charge is 0.309 e. The number of carbonyl (C=O) groups excluding carboxylic acids is 2. The Bertz CT molecular complexity index is 759. The number of rotatable bonds is 5. The molecule has 154 valence electrons. The number of benzene rings is 1. The van der Waals surface area contributed by atoms with Gasteiger partial charge in [-0.2, -0.15) is 0 Å². The molecule has 1 aliphatic rings. The zero-order valence-electron chi connectivity index (χ0n) is 17.3. The van der Waals surface area contributed by atoms with Crippen LogP contribution in [-0.4, -0.2) is 23.4 Å². The normalized spacial score (nSPS) is 19.8. The number of esters is 1. The van der Waals surface area contributed by atoms with Gasteiger partial charge in [0.15, 0.2) is 6.61 Å². The Balaban J connectivity index is 1.91. The van der Waals surface area contributed by atoms with Gasteiger partial charge < -0.3 is 10.1 Å². The average Bonchev–Trinajstić information content (AvgIpc) is 2.62. The van der Waals surface area contributed by atoms with Crippen molar-refractivity contribution in [3.8, 4) is 0 Å². The van der Waals surface area contributed by atoms with Crippen LogP contribution in [0.4, 0.5) is 11.4 Å². The van der Waals surface area contributed by atoms with Crippen LogP contribution in [0.25, 0.3) is 0 Å². The van der Waals surface area contributed by atoms with E-state index in [0.29, 0.717) is 11.5 Å². The lowest BCUT2D eigenvalue weighted by Gasteiger charge is -2.36. The van der Waals surface area contributed by atoms with Crippen molar-refractivity contribution in [3.63, 3.8) is 0 Å². The summed E-state index contributed by atoms with van der Waals surface area (Å²) >= 11 is 0. The molecule has 0 unspecified atom stereocenters. The minimum Gasteiger partial charge on any atom is -0.455 e. The molecule has 1 aromatic carbocycles. The maximum absolute atomic E-state index is 12.3. The first-order valence-electron chi connectivity index (χ1n) is 9.71. The summed E-state index contributed by atoms with van der Waals surface area (Å²) in [6.07, 6.45) is 3.49. The summed E-state index contributed by atoms with van der Waals surface area (Å²) in [7, 11) is 0. The summed E-state index contributed by atoms with van der Waals surface area (Å²) in [5.74, 6) is -0.530. The maximum atomic E-state index is 12.3. The number of nitrogens with zero attached hydrogens (tertiary/aromatic N) is 1. The first-order chi connectivity index (χ1) is 13.0. The summed E-state index contributed by atoms with van der Waals surface area (Å²) in [6, 6.07) is 2.99. The van der Waals surface area contributed by atoms with Gasteiger partial charge in [-0.1, -0.05) is 26.8 Å². The molecule has 1 amide bonds. The molecule has 1 aromatic rings. The molecule has 0 aromatic heterocycles. The Labute approximate surface area is 166 Å². The Morgan fingerprint density at radius 2 is 1.79 bits per heavy atom. The van der Waals surface area contributed by atoms with E-state index in [4.69, 9.17) is 4.74 Å². The number of ether oxygens (including phenoxy) is 1. The quantitative estimate of drug-likeness (QED) is 0.452. The van der Waals surface area contributed by atoms with E-state index in [1.807, 2.05) is 6.92 Å². The Kier molecular flexibility index (Phi) is 6.80. The van der Waals surface area contributed by atoms with Gasteiger partial charge in [0, 0.05) is 6.07 Å². The number of hydrogen-bond acceptors (Lipinski definition) is 5. The molecule has 7 nitrogen and oxygen atoms in total. The summed E-state index contributed by atoms with van der Waals surface area (Å²) < 4.78 is 5.19. The highest BCUT2D eigenvalue weighted by atomic mass is 16.6.